The first-order valence-electron chi connectivity index (χ1n) is 9.26. The van der Waals surface area contributed by atoms with Gasteiger partial charge < -0.3 is 14.7 Å². The van der Waals surface area contributed by atoms with Gasteiger partial charge in [-0.05, 0) is 55.3 Å². The lowest BCUT2D eigenvalue weighted by atomic mass is 9.96. The molecule has 0 radical (unpaired) electrons. The van der Waals surface area contributed by atoms with E-state index in [4.69, 9.17) is 4.52 Å². The van der Waals surface area contributed by atoms with Gasteiger partial charge in [-0.1, -0.05) is 17.3 Å². The van der Waals surface area contributed by atoms with Crippen molar-refractivity contribution in [2.24, 2.45) is 5.92 Å². The second-order valence-corrected chi connectivity index (χ2v) is 8.00. The number of carbonyl (C=O) groups excluding carboxylic acids is 2. The molecule has 3 rings (SSSR count). The highest BCUT2D eigenvalue weighted by atomic mass is 32.2. The summed E-state index contributed by atoms with van der Waals surface area (Å²) in [7, 11) is 0. The van der Waals surface area contributed by atoms with E-state index in [1.807, 2.05) is 0 Å². The molecule has 0 atom stereocenters. The summed E-state index contributed by atoms with van der Waals surface area (Å²) in [6.07, 6.45) is 4.03. The number of benzene rings is 1. The molecule has 0 spiro atoms. The number of aromatic nitrogens is 1. The first-order valence-corrected chi connectivity index (χ1v) is 10.1. The van der Waals surface area contributed by atoms with E-state index in [2.05, 4.69) is 10.5 Å². The molecular weight excluding hydrogens is 419 g/mol. The van der Waals surface area contributed by atoms with Crippen molar-refractivity contribution in [3.05, 3.63) is 47.7 Å². The first-order chi connectivity index (χ1) is 14.2. The fraction of sp³-hybridized carbons (Fsp3) is 0.350. The Bertz CT molecular complexity index is 917. The summed E-state index contributed by atoms with van der Waals surface area (Å²) in [5, 5.41) is 6.44. The Kier molecular flexibility index (Phi) is 6.86. The highest BCUT2D eigenvalue weighted by Gasteiger charge is 2.29. The minimum atomic E-state index is -4.33. The van der Waals surface area contributed by atoms with Crippen molar-refractivity contribution in [1.82, 2.24) is 10.1 Å². The molecule has 6 nitrogen and oxygen atoms in total. The summed E-state index contributed by atoms with van der Waals surface area (Å²) in [6.45, 7) is 2.62. The Balaban J connectivity index is 1.47. The number of piperidine rings is 1. The molecule has 1 saturated heterocycles. The minimum absolute atomic E-state index is 0.0899. The van der Waals surface area contributed by atoms with Crippen molar-refractivity contribution in [3.8, 4) is 0 Å². The third kappa shape index (κ3) is 6.38. The average Bonchev–Trinajstić information content (AvgIpc) is 3.10. The third-order valence-corrected chi connectivity index (χ3v) is 5.33. The second kappa shape index (κ2) is 9.38. The Morgan fingerprint density at radius 2 is 1.90 bits per heavy atom. The van der Waals surface area contributed by atoms with Crippen LogP contribution in [0.1, 0.15) is 24.2 Å². The van der Waals surface area contributed by atoms with Crippen molar-refractivity contribution >= 4 is 35.5 Å². The van der Waals surface area contributed by atoms with Crippen LogP contribution in [0.2, 0.25) is 0 Å². The van der Waals surface area contributed by atoms with Crippen LogP contribution in [-0.4, -0.2) is 40.5 Å². The largest absolute Gasteiger partial charge is 0.446 e. The average molecular weight is 439 g/mol. The maximum Gasteiger partial charge on any atom is 0.446 e. The fourth-order valence-corrected chi connectivity index (χ4v) is 3.61. The number of carbonyl (C=O) groups is 2. The Morgan fingerprint density at radius 3 is 2.47 bits per heavy atom. The molecule has 2 heterocycles. The van der Waals surface area contributed by atoms with Gasteiger partial charge in [0.1, 0.15) is 5.76 Å². The number of halogens is 3. The van der Waals surface area contributed by atoms with Gasteiger partial charge in [-0.3, -0.25) is 9.59 Å². The van der Waals surface area contributed by atoms with Crippen molar-refractivity contribution < 1.29 is 27.3 Å². The van der Waals surface area contributed by atoms with Crippen LogP contribution >= 0.6 is 11.8 Å². The van der Waals surface area contributed by atoms with Crippen LogP contribution in [0.3, 0.4) is 0 Å². The summed E-state index contributed by atoms with van der Waals surface area (Å²) in [6, 6.07) is 7.42. The molecule has 1 aromatic carbocycles. The molecule has 1 fully saturated rings. The molecule has 1 aliphatic heterocycles. The van der Waals surface area contributed by atoms with E-state index in [1.165, 1.54) is 30.3 Å². The lowest BCUT2D eigenvalue weighted by molar-refractivity contribution is -0.130. The molecule has 10 heteroatoms. The van der Waals surface area contributed by atoms with Crippen molar-refractivity contribution in [3.63, 3.8) is 0 Å². The number of hydrogen-bond donors (Lipinski definition) is 1. The fourth-order valence-electron chi connectivity index (χ4n) is 3.07. The highest BCUT2D eigenvalue weighted by molar-refractivity contribution is 8.00. The maximum atomic E-state index is 12.4. The topological polar surface area (TPSA) is 75.4 Å². The van der Waals surface area contributed by atoms with Gasteiger partial charge in [-0.2, -0.15) is 13.2 Å². The Hall–Kier alpha value is -2.75. The predicted molar refractivity (Wildman–Crippen MR) is 107 cm³/mol. The summed E-state index contributed by atoms with van der Waals surface area (Å²) < 4.78 is 42.0. The third-order valence-electron chi connectivity index (χ3n) is 4.59. The molecular formula is C20H20F3N3O3S. The summed E-state index contributed by atoms with van der Waals surface area (Å²) in [5.41, 5.74) is -3.70. The summed E-state index contributed by atoms with van der Waals surface area (Å²) in [4.78, 5) is 26.4. The molecule has 2 aromatic rings. The zero-order valence-electron chi connectivity index (χ0n) is 16.1. The maximum absolute atomic E-state index is 12.4. The first kappa shape index (κ1) is 21.9. The number of aryl methyl sites for hydroxylation is 1. The summed E-state index contributed by atoms with van der Waals surface area (Å²) >= 11 is -0.180. The number of alkyl halides is 3. The number of likely N-dealkylation sites (tertiary alicyclic amines) is 1. The molecule has 1 aromatic heterocycles. The molecule has 1 N–H and O–H groups in total. The molecule has 0 saturated carbocycles. The van der Waals surface area contributed by atoms with Gasteiger partial charge in [0.15, 0.2) is 5.82 Å². The van der Waals surface area contributed by atoms with Crippen LogP contribution in [0, 0.1) is 12.8 Å². The quantitative estimate of drug-likeness (QED) is 0.549. The van der Waals surface area contributed by atoms with Crippen LogP contribution in [0.15, 0.2) is 45.8 Å². The molecule has 0 unspecified atom stereocenters. The predicted octanol–water partition coefficient (Wildman–Crippen LogP) is 4.49. The normalized spacial score (nSPS) is 15.5. The number of amides is 2. The lowest BCUT2D eigenvalue weighted by Crippen LogP contribution is -2.40. The standard InChI is InChI=1S/C20H20F3N3O3S/c1-13-12-17(25-29-13)24-19(28)15-8-10-26(11-9-15)18(27)7-4-14-2-5-16(6-3-14)30-20(21,22)23/h2-7,12,15H,8-11H2,1H3,(H,24,25,28)/b7-4+. The van der Waals surface area contributed by atoms with E-state index in [-0.39, 0.29) is 34.4 Å². The number of hydrogen-bond acceptors (Lipinski definition) is 5. The number of anilines is 1. The van der Waals surface area contributed by atoms with Gasteiger partial charge >= 0.3 is 5.51 Å². The van der Waals surface area contributed by atoms with Crippen LogP contribution in [-0.2, 0) is 9.59 Å². The van der Waals surface area contributed by atoms with Crippen LogP contribution < -0.4 is 5.32 Å². The summed E-state index contributed by atoms with van der Waals surface area (Å²) in [5.74, 6) is 0.413. The van der Waals surface area contributed by atoms with E-state index in [9.17, 15) is 22.8 Å². The van der Waals surface area contributed by atoms with Crippen LogP contribution in [0.4, 0.5) is 19.0 Å². The Labute approximate surface area is 175 Å². The van der Waals surface area contributed by atoms with E-state index < -0.39 is 5.51 Å². The number of rotatable bonds is 5. The molecule has 30 heavy (non-hydrogen) atoms. The van der Waals surface area contributed by atoms with Crippen LogP contribution in [0.5, 0.6) is 0 Å². The van der Waals surface area contributed by atoms with Crippen molar-refractivity contribution in [1.29, 1.82) is 0 Å². The van der Waals surface area contributed by atoms with Gasteiger partial charge in [0, 0.05) is 36.0 Å². The zero-order valence-corrected chi connectivity index (χ0v) is 16.9. The number of nitrogens with zero attached hydrogens (tertiary/aromatic N) is 2. The zero-order chi connectivity index (χ0) is 21.7. The number of thioether (sulfide) groups is 1. The molecule has 2 amide bonds. The van der Waals surface area contributed by atoms with Gasteiger partial charge in [0.25, 0.3) is 0 Å². The minimum Gasteiger partial charge on any atom is -0.360 e. The molecule has 1 aliphatic rings. The lowest BCUT2D eigenvalue weighted by Gasteiger charge is -2.30. The Morgan fingerprint density at radius 1 is 1.23 bits per heavy atom. The van der Waals surface area contributed by atoms with E-state index >= 15 is 0 Å². The highest BCUT2D eigenvalue weighted by Crippen LogP contribution is 2.36. The van der Waals surface area contributed by atoms with Crippen molar-refractivity contribution in [2.45, 2.75) is 30.2 Å². The van der Waals surface area contributed by atoms with E-state index in [0.29, 0.717) is 43.1 Å². The monoisotopic (exact) mass is 439 g/mol. The molecule has 0 bridgehead atoms. The second-order valence-electron chi connectivity index (χ2n) is 6.86. The molecule has 0 aliphatic carbocycles. The number of nitrogens with one attached hydrogen (secondary N) is 1. The van der Waals surface area contributed by atoms with Gasteiger partial charge in [-0.25, -0.2) is 0 Å². The smallest absolute Gasteiger partial charge is 0.360 e. The van der Waals surface area contributed by atoms with E-state index in [0.717, 1.165) is 0 Å². The SMILES string of the molecule is Cc1cc(NC(=O)C2CCN(C(=O)/C=C/c3ccc(SC(F)(F)F)cc3)CC2)no1. The van der Waals surface area contributed by atoms with E-state index in [1.54, 1.807) is 24.0 Å². The van der Waals surface area contributed by atoms with Crippen LogP contribution in [0.25, 0.3) is 6.08 Å². The van der Waals surface area contributed by atoms with Crippen molar-refractivity contribution in [2.75, 3.05) is 18.4 Å². The van der Waals surface area contributed by atoms with Gasteiger partial charge in [0.2, 0.25) is 11.8 Å². The van der Waals surface area contributed by atoms with Gasteiger partial charge in [-0.15, -0.1) is 0 Å². The molecule has 160 valence electrons. The van der Waals surface area contributed by atoms with Gasteiger partial charge in [0.05, 0.1) is 0 Å².